The van der Waals surface area contributed by atoms with Crippen molar-refractivity contribution >= 4 is 39.2 Å². The van der Waals surface area contributed by atoms with E-state index in [1.54, 1.807) is 22.0 Å². The van der Waals surface area contributed by atoms with Gasteiger partial charge >= 0.3 is 0 Å². The lowest BCUT2D eigenvalue weighted by Crippen LogP contribution is -2.43. The van der Waals surface area contributed by atoms with E-state index in [1.807, 2.05) is 4.90 Å². The average molecular weight is 432 g/mol. The summed E-state index contributed by atoms with van der Waals surface area (Å²) in [6.45, 7) is 10.3. The Morgan fingerprint density at radius 3 is 2.72 bits per heavy atom. The normalized spacial score (nSPS) is 21.9. The molecule has 1 aliphatic heterocycles. The predicted octanol–water partition coefficient (Wildman–Crippen LogP) is 4.12. The molecule has 2 atom stereocenters. The number of thiophene rings is 1. The van der Waals surface area contributed by atoms with E-state index >= 15 is 0 Å². The second-order valence-corrected chi connectivity index (χ2v) is 10.5. The van der Waals surface area contributed by atoms with Crippen LogP contribution in [0.1, 0.15) is 43.6 Å². The Labute approximate surface area is 180 Å². The standard InChI is InChI=1S/C22H29N3O2S2/c1-4-9-25-21(27)19-16-7-5-6-8-17(16)29-20(19)23-22(25)28-13-18(26)24-11-14(2)10-15(3)12-24/h4,14-15H,1,5-13H2,2-3H3. The highest BCUT2D eigenvalue weighted by Gasteiger charge is 2.26. The molecule has 1 fully saturated rings. The van der Waals surface area contributed by atoms with Gasteiger partial charge in [-0.2, -0.15) is 0 Å². The van der Waals surface area contributed by atoms with Crippen molar-refractivity contribution in [2.45, 2.75) is 57.7 Å². The van der Waals surface area contributed by atoms with Crippen molar-refractivity contribution in [3.05, 3.63) is 33.4 Å². The van der Waals surface area contributed by atoms with Gasteiger partial charge in [-0.1, -0.05) is 31.7 Å². The van der Waals surface area contributed by atoms with Gasteiger partial charge in [0.25, 0.3) is 5.56 Å². The Hall–Kier alpha value is -1.60. The summed E-state index contributed by atoms with van der Waals surface area (Å²) in [5, 5.41) is 1.42. The predicted molar refractivity (Wildman–Crippen MR) is 121 cm³/mol. The molecule has 2 aromatic rings. The molecule has 0 bridgehead atoms. The summed E-state index contributed by atoms with van der Waals surface area (Å²) in [5.41, 5.74) is 1.22. The summed E-state index contributed by atoms with van der Waals surface area (Å²) in [5.74, 6) is 1.54. The number of carbonyl (C=O) groups is 1. The molecular formula is C22H29N3O2S2. The first kappa shape index (κ1) is 20.7. The van der Waals surface area contributed by atoms with Crippen LogP contribution in [0.3, 0.4) is 0 Å². The zero-order chi connectivity index (χ0) is 20.5. The third kappa shape index (κ3) is 4.17. The fourth-order valence-corrected chi connectivity index (χ4v) is 6.92. The zero-order valence-electron chi connectivity index (χ0n) is 17.3. The summed E-state index contributed by atoms with van der Waals surface area (Å²) >= 11 is 3.04. The SMILES string of the molecule is C=CCn1c(SCC(=O)N2CC(C)CC(C)C2)nc2sc3c(c2c1=O)CCCC3. The number of aryl methyl sites for hydroxylation is 2. The molecule has 1 aliphatic carbocycles. The van der Waals surface area contributed by atoms with Gasteiger partial charge in [-0.05, 0) is 49.5 Å². The van der Waals surface area contributed by atoms with Crippen LogP contribution in [0, 0.1) is 11.8 Å². The summed E-state index contributed by atoms with van der Waals surface area (Å²) in [6, 6.07) is 0. The van der Waals surface area contributed by atoms with Crippen LogP contribution in [0.15, 0.2) is 22.6 Å². The quantitative estimate of drug-likeness (QED) is 0.406. The van der Waals surface area contributed by atoms with E-state index in [1.165, 1.54) is 35.0 Å². The van der Waals surface area contributed by atoms with Gasteiger partial charge in [0.1, 0.15) is 4.83 Å². The first-order chi connectivity index (χ1) is 14.0. The molecular weight excluding hydrogens is 402 g/mol. The Balaban J connectivity index is 1.61. The smallest absolute Gasteiger partial charge is 0.263 e. The Kier molecular flexibility index (Phi) is 6.16. The first-order valence-electron chi connectivity index (χ1n) is 10.5. The van der Waals surface area contributed by atoms with Gasteiger partial charge in [-0.25, -0.2) is 4.98 Å². The summed E-state index contributed by atoms with van der Waals surface area (Å²) in [4.78, 5) is 35.0. The number of likely N-dealkylation sites (tertiary alicyclic amines) is 1. The molecule has 0 aromatic carbocycles. The van der Waals surface area contributed by atoms with Gasteiger partial charge in [0.15, 0.2) is 5.16 Å². The number of hydrogen-bond donors (Lipinski definition) is 0. The third-order valence-corrected chi connectivity index (χ3v) is 8.04. The fraction of sp³-hybridized carbons (Fsp3) is 0.591. The van der Waals surface area contributed by atoms with E-state index in [0.29, 0.717) is 29.3 Å². The van der Waals surface area contributed by atoms with Gasteiger partial charge in [-0.15, -0.1) is 17.9 Å². The minimum atomic E-state index is 0.0180. The highest BCUT2D eigenvalue weighted by molar-refractivity contribution is 7.99. The molecule has 0 spiro atoms. The van der Waals surface area contributed by atoms with Crippen LogP contribution in [0.2, 0.25) is 0 Å². The topological polar surface area (TPSA) is 55.2 Å². The molecule has 2 aliphatic rings. The van der Waals surface area contributed by atoms with Gasteiger partial charge in [0.05, 0.1) is 11.1 Å². The van der Waals surface area contributed by atoms with Crippen molar-refractivity contribution in [2.75, 3.05) is 18.8 Å². The number of fused-ring (bicyclic) bond motifs is 3. The van der Waals surface area contributed by atoms with E-state index in [-0.39, 0.29) is 11.5 Å². The van der Waals surface area contributed by atoms with Crippen LogP contribution in [-0.4, -0.2) is 39.2 Å². The number of thioether (sulfide) groups is 1. The van der Waals surface area contributed by atoms with E-state index in [2.05, 4.69) is 20.4 Å². The van der Waals surface area contributed by atoms with Crippen LogP contribution in [0.5, 0.6) is 0 Å². The number of carbonyl (C=O) groups excluding carboxylic acids is 1. The maximum atomic E-state index is 13.3. The molecule has 156 valence electrons. The third-order valence-electron chi connectivity index (χ3n) is 5.90. The molecule has 4 rings (SSSR count). The largest absolute Gasteiger partial charge is 0.341 e. The molecule has 2 aromatic heterocycles. The summed E-state index contributed by atoms with van der Waals surface area (Å²) in [6.07, 6.45) is 7.24. The van der Waals surface area contributed by atoms with Gasteiger partial charge in [0, 0.05) is 24.5 Å². The van der Waals surface area contributed by atoms with Crippen molar-refractivity contribution in [1.29, 1.82) is 0 Å². The maximum absolute atomic E-state index is 13.3. The summed E-state index contributed by atoms with van der Waals surface area (Å²) in [7, 11) is 0. The molecule has 3 heterocycles. The lowest BCUT2D eigenvalue weighted by atomic mass is 9.92. The zero-order valence-corrected chi connectivity index (χ0v) is 18.9. The van der Waals surface area contributed by atoms with E-state index in [9.17, 15) is 9.59 Å². The number of nitrogens with zero attached hydrogens (tertiary/aromatic N) is 3. The molecule has 1 saturated heterocycles. The Morgan fingerprint density at radius 1 is 1.28 bits per heavy atom. The fourth-order valence-electron chi connectivity index (χ4n) is 4.70. The van der Waals surface area contributed by atoms with Crippen molar-refractivity contribution in [3.63, 3.8) is 0 Å². The van der Waals surface area contributed by atoms with E-state index in [0.717, 1.165) is 42.6 Å². The molecule has 1 amide bonds. The maximum Gasteiger partial charge on any atom is 0.263 e. The second kappa shape index (κ2) is 8.64. The average Bonchev–Trinajstić information content (AvgIpc) is 3.06. The van der Waals surface area contributed by atoms with Crippen molar-refractivity contribution in [1.82, 2.24) is 14.5 Å². The molecule has 5 nitrogen and oxygen atoms in total. The lowest BCUT2D eigenvalue weighted by molar-refractivity contribution is -0.130. The van der Waals surface area contributed by atoms with E-state index < -0.39 is 0 Å². The highest BCUT2D eigenvalue weighted by atomic mass is 32.2. The van der Waals surface area contributed by atoms with Crippen LogP contribution < -0.4 is 5.56 Å². The minimum Gasteiger partial charge on any atom is -0.341 e. The van der Waals surface area contributed by atoms with Crippen molar-refractivity contribution < 1.29 is 4.79 Å². The van der Waals surface area contributed by atoms with Crippen LogP contribution in [-0.2, 0) is 24.2 Å². The van der Waals surface area contributed by atoms with Gasteiger partial charge in [0.2, 0.25) is 5.91 Å². The number of aromatic nitrogens is 2. The van der Waals surface area contributed by atoms with Gasteiger partial charge < -0.3 is 4.90 Å². The number of rotatable bonds is 5. The van der Waals surface area contributed by atoms with Crippen molar-refractivity contribution in [2.24, 2.45) is 11.8 Å². The Bertz CT molecular complexity index is 984. The molecule has 2 unspecified atom stereocenters. The molecule has 0 N–H and O–H groups in total. The molecule has 29 heavy (non-hydrogen) atoms. The minimum absolute atomic E-state index is 0.0180. The van der Waals surface area contributed by atoms with Crippen LogP contribution in [0.25, 0.3) is 10.2 Å². The highest BCUT2D eigenvalue weighted by Crippen LogP contribution is 2.34. The first-order valence-corrected chi connectivity index (χ1v) is 12.3. The second-order valence-electron chi connectivity index (χ2n) is 8.52. The number of hydrogen-bond acceptors (Lipinski definition) is 5. The lowest BCUT2D eigenvalue weighted by Gasteiger charge is -2.35. The molecule has 0 saturated carbocycles. The van der Waals surface area contributed by atoms with E-state index in [4.69, 9.17) is 4.98 Å². The van der Waals surface area contributed by atoms with Crippen LogP contribution >= 0.6 is 23.1 Å². The summed E-state index contributed by atoms with van der Waals surface area (Å²) < 4.78 is 1.69. The number of piperidine rings is 1. The van der Waals surface area contributed by atoms with Crippen molar-refractivity contribution in [3.8, 4) is 0 Å². The monoisotopic (exact) mass is 431 g/mol. The number of allylic oxidation sites excluding steroid dienone is 1. The molecule has 0 radical (unpaired) electrons. The van der Waals surface area contributed by atoms with Gasteiger partial charge in [-0.3, -0.25) is 14.2 Å². The van der Waals surface area contributed by atoms with Crippen LogP contribution in [0.4, 0.5) is 0 Å². The Morgan fingerprint density at radius 2 is 2.00 bits per heavy atom. The molecule has 7 heteroatoms. The number of amides is 1.